The molecular formula is C13H16BrFO3S. The van der Waals surface area contributed by atoms with Crippen LogP contribution in [-0.4, -0.2) is 30.6 Å². The van der Waals surface area contributed by atoms with E-state index in [0.717, 1.165) is 6.42 Å². The van der Waals surface area contributed by atoms with E-state index in [-0.39, 0.29) is 12.2 Å². The van der Waals surface area contributed by atoms with Gasteiger partial charge in [0, 0.05) is 10.9 Å². The monoisotopic (exact) mass is 350 g/mol. The molecule has 0 radical (unpaired) electrons. The number of benzene rings is 1. The third kappa shape index (κ3) is 3.55. The van der Waals surface area contributed by atoms with Gasteiger partial charge in [0.2, 0.25) is 0 Å². The maximum atomic E-state index is 13.7. The van der Waals surface area contributed by atoms with E-state index in [4.69, 9.17) is 0 Å². The third-order valence-electron chi connectivity index (χ3n) is 3.50. The van der Waals surface area contributed by atoms with Crippen LogP contribution < -0.4 is 0 Å². The van der Waals surface area contributed by atoms with Crippen molar-refractivity contribution in [2.45, 2.75) is 37.0 Å². The summed E-state index contributed by atoms with van der Waals surface area (Å²) in [4.78, 5) is 0. The maximum Gasteiger partial charge on any atom is 0.155 e. The van der Waals surface area contributed by atoms with Crippen LogP contribution in [0.4, 0.5) is 4.39 Å². The van der Waals surface area contributed by atoms with Crippen LogP contribution in [0.5, 0.6) is 0 Å². The number of rotatable bonds is 3. The SMILES string of the molecule is O=S1(=O)CCCCC1C(O)Cc1ccc(Br)cc1F. The lowest BCUT2D eigenvalue weighted by Gasteiger charge is -2.26. The van der Waals surface area contributed by atoms with Crippen molar-refractivity contribution in [3.05, 3.63) is 34.1 Å². The molecule has 6 heteroatoms. The van der Waals surface area contributed by atoms with Crippen molar-refractivity contribution in [3.63, 3.8) is 0 Å². The van der Waals surface area contributed by atoms with Crippen molar-refractivity contribution >= 4 is 25.8 Å². The second-order valence-electron chi connectivity index (χ2n) is 4.91. The van der Waals surface area contributed by atoms with Gasteiger partial charge >= 0.3 is 0 Å². The van der Waals surface area contributed by atoms with Gasteiger partial charge in [0.05, 0.1) is 17.1 Å². The highest BCUT2D eigenvalue weighted by Gasteiger charge is 2.34. The molecule has 1 fully saturated rings. The first-order valence-corrected chi connectivity index (χ1v) is 8.74. The van der Waals surface area contributed by atoms with E-state index in [0.29, 0.717) is 22.9 Å². The fraction of sp³-hybridized carbons (Fsp3) is 0.538. The molecule has 0 saturated carbocycles. The molecule has 2 atom stereocenters. The van der Waals surface area contributed by atoms with E-state index in [9.17, 15) is 17.9 Å². The van der Waals surface area contributed by atoms with Gasteiger partial charge in [0.25, 0.3) is 0 Å². The molecule has 1 aromatic carbocycles. The lowest BCUT2D eigenvalue weighted by atomic mass is 10.0. The molecule has 106 valence electrons. The fourth-order valence-corrected chi connectivity index (χ4v) is 4.80. The zero-order valence-electron chi connectivity index (χ0n) is 10.4. The van der Waals surface area contributed by atoms with Crippen LogP contribution in [0.2, 0.25) is 0 Å². The lowest BCUT2D eigenvalue weighted by Crippen LogP contribution is -2.39. The first kappa shape index (κ1) is 14.9. The van der Waals surface area contributed by atoms with Gasteiger partial charge in [-0.15, -0.1) is 0 Å². The number of hydrogen-bond donors (Lipinski definition) is 1. The summed E-state index contributed by atoms with van der Waals surface area (Å²) in [6, 6.07) is 4.57. The smallest absolute Gasteiger partial charge is 0.155 e. The van der Waals surface area contributed by atoms with E-state index < -0.39 is 27.0 Å². The van der Waals surface area contributed by atoms with Crippen molar-refractivity contribution in [2.24, 2.45) is 0 Å². The average Bonchev–Trinajstić information content (AvgIpc) is 2.32. The van der Waals surface area contributed by atoms with Gasteiger partial charge in [-0.3, -0.25) is 0 Å². The molecule has 2 unspecified atom stereocenters. The predicted octanol–water partition coefficient (Wildman–Crippen LogP) is 2.46. The summed E-state index contributed by atoms with van der Waals surface area (Å²) in [5.74, 6) is -0.306. The molecule has 1 aromatic rings. The Hall–Kier alpha value is -0.460. The molecule has 0 aromatic heterocycles. The molecule has 1 N–H and O–H groups in total. The maximum absolute atomic E-state index is 13.7. The summed E-state index contributed by atoms with van der Waals surface area (Å²) in [5, 5.41) is 9.34. The molecular weight excluding hydrogens is 335 g/mol. The van der Waals surface area contributed by atoms with Crippen molar-refractivity contribution < 1.29 is 17.9 Å². The van der Waals surface area contributed by atoms with Crippen LogP contribution in [0.1, 0.15) is 24.8 Å². The van der Waals surface area contributed by atoms with Crippen LogP contribution in [0.3, 0.4) is 0 Å². The van der Waals surface area contributed by atoms with Gasteiger partial charge < -0.3 is 5.11 Å². The Labute approximate surface area is 120 Å². The molecule has 0 bridgehead atoms. The van der Waals surface area contributed by atoms with Gasteiger partial charge in [-0.25, -0.2) is 12.8 Å². The summed E-state index contributed by atoms with van der Waals surface area (Å²) in [7, 11) is -3.25. The summed E-state index contributed by atoms with van der Waals surface area (Å²) in [5.41, 5.74) is 0.344. The molecule has 2 rings (SSSR count). The van der Waals surface area contributed by atoms with Crippen LogP contribution in [0, 0.1) is 5.82 Å². The van der Waals surface area contributed by atoms with Crippen molar-refractivity contribution in [1.29, 1.82) is 0 Å². The normalized spacial score (nSPS) is 24.1. The summed E-state index contributed by atoms with van der Waals surface area (Å²) in [6.45, 7) is 0. The van der Waals surface area contributed by atoms with E-state index in [2.05, 4.69) is 15.9 Å². The molecule has 0 aliphatic carbocycles. The van der Waals surface area contributed by atoms with Gasteiger partial charge in [-0.1, -0.05) is 28.4 Å². The second-order valence-corrected chi connectivity index (χ2v) is 8.16. The van der Waals surface area contributed by atoms with Crippen LogP contribution in [0.15, 0.2) is 22.7 Å². The van der Waals surface area contributed by atoms with E-state index >= 15 is 0 Å². The molecule has 1 saturated heterocycles. The van der Waals surface area contributed by atoms with Crippen molar-refractivity contribution in [3.8, 4) is 0 Å². The van der Waals surface area contributed by atoms with Crippen LogP contribution in [-0.2, 0) is 16.3 Å². The van der Waals surface area contributed by atoms with Gasteiger partial charge in [0.15, 0.2) is 9.84 Å². The highest BCUT2D eigenvalue weighted by molar-refractivity contribution is 9.10. The highest BCUT2D eigenvalue weighted by Crippen LogP contribution is 2.25. The Morgan fingerprint density at radius 1 is 1.42 bits per heavy atom. The minimum absolute atomic E-state index is 0.0308. The Bertz CT molecular complexity index is 559. The van der Waals surface area contributed by atoms with Gasteiger partial charge in [-0.2, -0.15) is 0 Å². The molecule has 3 nitrogen and oxygen atoms in total. The second kappa shape index (κ2) is 5.89. The minimum Gasteiger partial charge on any atom is -0.391 e. The molecule has 1 heterocycles. The van der Waals surface area contributed by atoms with Gasteiger partial charge in [-0.05, 0) is 30.5 Å². The lowest BCUT2D eigenvalue weighted by molar-refractivity contribution is 0.161. The summed E-state index contributed by atoms with van der Waals surface area (Å²) < 4.78 is 38.1. The number of hydrogen-bond acceptors (Lipinski definition) is 3. The number of aliphatic hydroxyl groups excluding tert-OH is 1. The predicted molar refractivity (Wildman–Crippen MR) is 75.2 cm³/mol. The molecule has 1 aliphatic heterocycles. The highest BCUT2D eigenvalue weighted by atomic mass is 79.9. The van der Waals surface area contributed by atoms with Crippen molar-refractivity contribution in [2.75, 3.05) is 5.75 Å². The first-order chi connectivity index (χ1) is 8.90. The van der Waals surface area contributed by atoms with Crippen LogP contribution in [0.25, 0.3) is 0 Å². The largest absolute Gasteiger partial charge is 0.391 e. The molecule has 0 amide bonds. The fourth-order valence-electron chi connectivity index (χ4n) is 2.46. The Morgan fingerprint density at radius 2 is 2.16 bits per heavy atom. The topological polar surface area (TPSA) is 54.4 Å². The number of aliphatic hydroxyl groups is 1. The standard InChI is InChI=1S/C13H16BrFO3S/c14-10-5-4-9(11(15)8-10)7-12(16)13-3-1-2-6-19(13,17)18/h4-5,8,12-13,16H,1-3,6-7H2. The minimum atomic E-state index is -3.25. The van der Waals surface area contributed by atoms with E-state index in [1.807, 2.05) is 0 Å². The van der Waals surface area contributed by atoms with Gasteiger partial charge in [0.1, 0.15) is 5.82 Å². The molecule has 0 spiro atoms. The Balaban J connectivity index is 2.14. The molecule has 19 heavy (non-hydrogen) atoms. The summed E-state index contributed by atoms with van der Waals surface area (Å²) in [6.07, 6.45) is 0.896. The van der Waals surface area contributed by atoms with Crippen LogP contribution >= 0.6 is 15.9 Å². The zero-order valence-corrected chi connectivity index (χ0v) is 12.8. The third-order valence-corrected chi connectivity index (χ3v) is 6.33. The Morgan fingerprint density at radius 3 is 2.79 bits per heavy atom. The first-order valence-electron chi connectivity index (χ1n) is 6.24. The number of halogens is 2. The number of sulfone groups is 1. The van der Waals surface area contributed by atoms with E-state index in [1.54, 1.807) is 12.1 Å². The average molecular weight is 351 g/mol. The zero-order chi connectivity index (χ0) is 14.0. The summed E-state index contributed by atoms with van der Waals surface area (Å²) >= 11 is 3.16. The quantitative estimate of drug-likeness (QED) is 0.910. The molecule has 1 aliphatic rings. The van der Waals surface area contributed by atoms with E-state index in [1.165, 1.54) is 6.07 Å². The Kier molecular flexibility index (Phi) is 4.63. The van der Waals surface area contributed by atoms with Crippen molar-refractivity contribution in [1.82, 2.24) is 0 Å².